The van der Waals surface area contributed by atoms with Crippen LogP contribution < -0.4 is 9.47 Å². The number of aromatic nitrogens is 5. The number of hydrogen-bond acceptors (Lipinski definition) is 8. The van der Waals surface area contributed by atoms with Crippen LogP contribution in [0.1, 0.15) is 23.3 Å². The van der Waals surface area contributed by atoms with Crippen molar-refractivity contribution in [1.29, 1.82) is 0 Å². The van der Waals surface area contributed by atoms with E-state index in [1.165, 1.54) is 0 Å². The fourth-order valence-corrected chi connectivity index (χ4v) is 3.28. The lowest BCUT2D eigenvalue weighted by Gasteiger charge is -2.24. The van der Waals surface area contributed by atoms with Gasteiger partial charge in [0.1, 0.15) is 17.6 Å². The normalized spacial score (nSPS) is 15.6. The predicted molar refractivity (Wildman–Crippen MR) is 105 cm³/mol. The van der Waals surface area contributed by atoms with Crippen molar-refractivity contribution in [3.05, 3.63) is 71.7 Å². The van der Waals surface area contributed by atoms with Crippen LogP contribution in [0.15, 0.2) is 59.1 Å². The molecule has 0 saturated heterocycles. The van der Waals surface area contributed by atoms with Crippen LogP contribution in [-0.4, -0.2) is 32.2 Å². The fraction of sp³-hybridized carbons (Fsp3) is 0.238. The predicted octanol–water partition coefficient (Wildman–Crippen LogP) is 3.19. The standard InChI is InChI=1S/C21H19N5O4/c1-27-15-9-7-14(8-10-15)18-11-26-17(12-29-18)20(23-25-26)21-22-19(30-24-21)13-28-16-5-3-2-4-6-16/h2-10,18H,11-13H2,1H3/t18-/m1/s1. The molecule has 0 fully saturated rings. The average Bonchev–Trinajstić information content (AvgIpc) is 3.45. The van der Waals surface area contributed by atoms with E-state index in [1.54, 1.807) is 7.11 Å². The number of nitrogens with zero attached hydrogens (tertiary/aromatic N) is 5. The van der Waals surface area contributed by atoms with E-state index in [4.69, 9.17) is 18.7 Å². The van der Waals surface area contributed by atoms with Crippen LogP contribution >= 0.6 is 0 Å². The monoisotopic (exact) mass is 405 g/mol. The Morgan fingerprint density at radius 1 is 1.07 bits per heavy atom. The first kappa shape index (κ1) is 18.3. The molecule has 0 amide bonds. The Hall–Kier alpha value is -3.72. The number of para-hydroxylation sites is 1. The maximum Gasteiger partial charge on any atom is 0.264 e. The Balaban J connectivity index is 1.29. The Kier molecular flexibility index (Phi) is 4.86. The van der Waals surface area contributed by atoms with Gasteiger partial charge in [-0.05, 0) is 29.8 Å². The summed E-state index contributed by atoms with van der Waals surface area (Å²) in [6.07, 6.45) is -0.113. The summed E-state index contributed by atoms with van der Waals surface area (Å²) in [5.41, 5.74) is 2.42. The SMILES string of the molecule is COc1ccc([C@H]2Cn3nnc(-c4noc(COc5ccccc5)n4)c3CO2)cc1. The maximum absolute atomic E-state index is 6.04. The molecule has 30 heavy (non-hydrogen) atoms. The van der Waals surface area contributed by atoms with Gasteiger partial charge in [0, 0.05) is 0 Å². The largest absolute Gasteiger partial charge is 0.497 e. The van der Waals surface area contributed by atoms with Crippen molar-refractivity contribution in [3.63, 3.8) is 0 Å². The van der Waals surface area contributed by atoms with Gasteiger partial charge in [-0.15, -0.1) is 5.10 Å². The third kappa shape index (κ3) is 3.62. The highest BCUT2D eigenvalue weighted by atomic mass is 16.5. The Morgan fingerprint density at radius 2 is 1.90 bits per heavy atom. The second-order valence-electron chi connectivity index (χ2n) is 6.75. The maximum atomic E-state index is 6.04. The van der Waals surface area contributed by atoms with Crippen LogP contribution in [0.5, 0.6) is 11.5 Å². The van der Waals surface area contributed by atoms with Crippen LogP contribution in [0.25, 0.3) is 11.5 Å². The smallest absolute Gasteiger partial charge is 0.264 e. The summed E-state index contributed by atoms with van der Waals surface area (Å²) < 4.78 is 24.0. The summed E-state index contributed by atoms with van der Waals surface area (Å²) in [6, 6.07) is 17.3. The molecular formula is C21H19N5O4. The topological polar surface area (TPSA) is 97.3 Å². The van der Waals surface area contributed by atoms with Crippen molar-refractivity contribution >= 4 is 0 Å². The van der Waals surface area contributed by atoms with Crippen LogP contribution in [0.3, 0.4) is 0 Å². The van der Waals surface area contributed by atoms with Crippen LogP contribution in [0.2, 0.25) is 0 Å². The number of benzene rings is 2. The lowest BCUT2D eigenvalue weighted by Crippen LogP contribution is -2.22. The highest BCUT2D eigenvalue weighted by Crippen LogP contribution is 2.30. The van der Waals surface area contributed by atoms with Gasteiger partial charge >= 0.3 is 0 Å². The zero-order valence-corrected chi connectivity index (χ0v) is 16.3. The minimum Gasteiger partial charge on any atom is -0.497 e. The molecular weight excluding hydrogens is 386 g/mol. The minimum atomic E-state index is -0.113. The molecule has 4 aromatic rings. The number of methoxy groups -OCH3 is 1. The van der Waals surface area contributed by atoms with E-state index in [-0.39, 0.29) is 12.7 Å². The summed E-state index contributed by atoms with van der Waals surface area (Å²) in [4.78, 5) is 4.38. The van der Waals surface area contributed by atoms with Gasteiger partial charge < -0.3 is 18.7 Å². The van der Waals surface area contributed by atoms with Crippen LogP contribution in [-0.2, 0) is 24.5 Å². The molecule has 1 atom stereocenters. The van der Waals surface area contributed by atoms with Crippen LogP contribution in [0.4, 0.5) is 0 Å². The number of ether oxygens (including phenoxy) is 3. The Labute approximate surface area is 172 Å². The second-order valence-corrected chi connectivity index (χ2v) is 6.75. The zero-order valence-electron chi connectivity index (χ0n) is 16.3. The van der Waals surface area contributed by atoms with Crippen LogP contribution in [0, 0.1) is 0 Å². The third-order valence-corrected chi connectivity index (χ3v) is 4.87. The number of hydrogen-bond donors (Lipinski definition) is 0. The summed E-state index contributed by atoms with van der Waals surface area (Å²) in [7, 11) is 1.65. The van der Waals surface area contributed by atoms with Crippen molar-refractivity contribution in [2.24, 2.45) is 0 Å². The molecule has 2 aromatic carbocycles. The quantitative estimate of drug-likeness (QED) is 0.482. The van der Waals surface area contributed by atoms with Gasteiger partial charge in [0.2, 0.25) is 5.82 Å². The first-order valence-corrected chi connectivity index (χ1v) is 9.49. The lowest BCUT2D eigenvalue weighted by atomic mass is 10.1. The van der Waals surface area contributed by atoms with Gasteiger partial charge in [-0.3, -0.25) is 0 Å². The van der Waals surface area contributed by atoms with Gasteiger partial charge in [-0.1, -0.05) is 40.7 Å². The van der Waals surface area contributed by atoms with Gasteiger partial charge in [0.15, 0.2) is 12.3 Å². The van der Waals surface area contributed by atoms with Gasteiger partial charge in [0.05, 0.1) is 26.0 Å². The van der Waals surface area contributed by atoms with Crippen molar-refractivity contribution in [1.82, 2.24) is 25.1 Å². The molecule has 0 radical (unpaired) electrons. The Bertz CT molecular complexity index is 1120. The summed E-state index contributed by atoms with van der Waals surface area (Å²) in [6.45, 7) is 1.08. The van der Waals surface area contributed by atoms with Crippen molar-refractivity contribution in [3.8, 4) is 23.0 Å². The lowest BCUT2D eigenvalue weighted by molar-refractivity contribution is -0.00114. The highest BCUT2D eigenvalue weighted by molar-refractivity contribution is 5.51. The van der Waals surface area contributed by atoms with E-state index in [0.29, 0.717) is 30.6 Å². The number of fused-ring (bicyclic) bond motifs is 1. The first-order chi connectivity index (χ1) is 14.8. The zero-order chi connectivity index (χ0) is 20.3. The first-order valence-electron chi connectivity index (χ1n) is 9.49. The molecule has 5 rings (SSSR count). The van der Waals surface area contributed by atoms with Gasteiger partial charge in [-0.25, -0.2) is 4.68 Å². The molecule has 1 aliphatic heterocycles. The fourth-order valence-electron chi connectivity index (χ4n) is 3.28. The molecule has 0 spiro atoms. The van der Waals surface area contributed by atoms with Gasteiger partial charge in [0.25, 0.3) is 5.89 Å². The molecule has 2 aromatic heterocycles. The van der Waals surface area contributed by atoms with E-state index < -0.39 is 0 Å². The average molecular weight is 405 g/mol. The van der Waals surface area contributed by atoms with E-state index in [1.807, 2.05) is 59.3 Å². The van der Waals surface area contributed by atoms with Crippen molar-refractivity contribution in [2.45, 2.75) is 25.9 Å². The van der Waals surface area contributed by atoms with E-state index in [2.05, 4.69) is 20.5 Å². The number of rotatable bonds is 6. The molecule has 0 aliphatic carbocycles. The molecule has 0 N–H and O–H groups in total. The Morgan fingerprint density at radius 3 is 2.70 bits per heavy atom. The van der Waals surface area contributed by atoms with E-state index in [0.717, 1.165) is 22.8 Å². The van der Waals surface area contributed by atoms with E-state index in [9.17, 15) is 0 Å². The third-order valence-electron chi connectivity index (χ3n) is 4.87. The second kappa shape index (κ2) is 7.96. The molecule has 0 bridgehead atoms. The molecule has 0 unspecified atom stereocenters. The highest BCUT2D eigenvalue weighted by Gasteiger charge is 2.27. The summed E-state index contributed by atoms with van der Waals surface area (Å²) in [5.74, 6) is 2.27. The summed E-state index contributed by atoms with van der Waals surface area (Å²) >= 11 is 0. The van der Waals surface area contributed by atoms with Crippen molar-refractivity contribution < 1.29 is 18.7 Å². The molecule has 152 valence electrons. The molecule has 3 heterocycles. The summed E-state index contributed by atoms with van der Waals surface area (Å²) in [5, 5.41) is 12.5. The molecule has 9 heteroatoms. The molecule has 0 saturated carbocycles. The molecule has 9 nitrogen and oxygen atoms in total. The van der Waals surface area contributed by atoms with Crippen molar-refractivity contribution in [2.75, 3.05) is 7.11 Å². The van der Waals surface area contributed by atoms with Gasteiger partial charge in [-0.2, -0.15) is 4.98 Å². The minimum absolute atomic E-state index is 0.113. The van der Waals surface area contributed by atoms with E-state index >= 15 is 0 Å². The molecule has 1 aliphatic rings.